The molecule has 0 aliphatic heterocycles. The molecule has 0 atom stereocenters. The molecule has 0 aliphatic carbocycles. The normalized spacial score (nSPS) is 10.7. The molecule has 2 rings (SSSR count). The Labute approximate surface area is 114 Å². The third-order valence-corrected chi connectivity index (χ3v) is 2.52. The summed E-state index contributed by atoms with van der Waals surface area (Å²) in [7, 11) is 1.33. The van der Waals surface area contributed by atoms with Crippen LogP contribution in [0.15, 0.2) is 41.9 Å². The monoisotopic (exact) mass is 269 g/mol. The summed E-state index contributed by atoms with van der Waals surface area (Å²) < 4.78 is 0. The predicted molar refractivity (Wildman–Crippen MR) is 71.3 cm³/mol. The summed E-state index contributed by atoms with van der Waals surface area (Å²) in [5.74, 6) is -0.641. The Hall–Kier alpha value is -3.14. The van der Waals surface area contributed by atoms with Crippen molar-refractivity contribution in [2.24, 2.45) is 5.16 Å². The lowest BCUT2D eigenvalue weighted by Gasteiger charge is -2.00. The van der Waals surface area contributed by atoms with Gasteiger partial charge in [0.15, 0.2) is 11.9 Å². The van der Waals surface area contributed by atoms with E-state index in [1.165, 1.54) is 7.11 Å². The first kappa shape index (κ1) is 13.3. The summed E-state index contributed by atoms with van der Waals surface area (Å²) in [5, 5.41) is 14.1. The Balaban J connectivity index is 2.33. The minimum Gasteiger partial charge on any atom is -0.398 e. The summed E-state index contributed by atoms with van der Waals surface area (Å²) in [6.07, 6.45) is 6.64. The molecule has 0 aliphatic rings. The van der Waals surface area contributed by atoms with Crippen molar-refractivity contribution in [1.82, 2.24) is 15.3 Å². The smallest absolute Gasteiger partial charge is 0.288 e. The van der Waals surface area contributed by atoms with E-state index in [1.807, 2.05) is 17.4 Å². The van der Waals surface area contributed by atoms with E-state index in [-0.39, 0.29) is 5.71 Å². The molecular formula is C13H11N5O2. The highest BCUT2D eigenvalue weighted by molar-refractivity contribution is 6.45. The van der Waals surface area contributed by atoms with Gasteiger partial charge < -0.3 is 9.82 Å². The molecule has 2 N–H and O–H groups in total. The molecule has 7 heteroatoms. The van der Waals surface area contributed by atoms with E-state index in [0.717, 1.165) is 11.1 Å². The number of hydrogen-bond donors (Lipinski definition) is 2. The van der Waals surface area contributed by atoms with Crippen LogP contribution in [0, 0.1) is 11.5 Å². The fourth-order valence-electron chi connectivity index (χ4n) is 1.66. The number of oxime groups is 1. The summed E-state index contributed by atoms with van der Waals surface area (Å²) in [6, 6.07) is 5.43. The van der Waals surface area contributed by atoms with Crippen molar-refractivity contribution in [3.63, 3.8) is 0 Å². The molecule has 20 heavy (non-hydrogen) atoms. The van der Waals surface area contributed by atoms with Crippen LogP contribution in [0.1, 0.15) is 5.69 Å². The molecule has 0 fully saturated rings. The number of hydrogen-bond acceptors (Lipinski definition) is 5. The highest BCUT2D eigenvalue weighted by atomic mass is 16.6. The lowest BCUT2D eigenvalue weighted by Crippen LogP contribution is -2.28. The average Bonchev–Trinajstić information content (AvgIpc) is 2.95. The lowest BCUT2D eigenvalue weighted by molar-refractivity contribution is -0.113. The highest BCUT2D eigenvalue weighted by Crippen LogP contribution is 2.19. The van der Waals surface area contributed by atoms with Gasteiger partial charge in [0.25, 0.3) is 5.91 Å². The first-order chi connectivity index (χ1) is 9.76. The minimum atomic E-state index is -0.641. The van der Waals surface area contributed by atoms with Gasteiger partial charge in [-0.15, -0.1) is 0 Å². The molecule has 0 saturated heterocycles. The molecule has 0 aromatic carbocycles. The molecule has 0 bridgehead atoms. The molecule has 0 radical (unpaired) electrons. The van der Waals surface area contributed by atoms with Crippen LogP contribution in [0.5, 0.6) is 0 Å². The Morgan fingerprint density at radius 1 is 1.45 bits per heavy atom. The maximum Gasteiger partial charge on any atom is 0.288 e. The second-order valence-corrected chi connectivity index (χ2v) is 3.73. The van der Waals surface area contributed by atoms with Gasteiger partial charge in [-0.2, -0.15) is 5.26 Å². The van der Waals surface area contributed by atoms with E-state index in [9.17, 15) is 4.79 Å². The van der Waals surface area contributed by atoms with Gasteiger partial charge in [-0.05, 0) is 29.3 Å². The standard InChI is InChI=1S/C13H11N5O2/c1-20-18-12(13(19)17-8-14)11-6-10(7-16-11)9-2-4-15-5-3-9/h2-7,16H,1H3,(H,17,19). The van der Waals surface area contributed by atoms with E-state index in [1.54, 1.807) is 30.9 Å². The summed E-state index contributed by atoms with van der Waals surface area (Å²) in [4.78, 5) is 23.2. The molecule has 100 valence electrons. The van der Waals surface area contributed by atoms with Crippen LogP contribution in [0.4, 0.5) is 0 Å². The van der Waals surface area contributed by atoms with Gasteiger partial charge in [0.2, 0.25) is 0 Å². The number of H-pyrrole nitrogens is 1. The molecule has 0 spiro atoms. The number of aromatic nitrogens is 2. The van der Waals surface area contributed by atoms with E-state index in [4.69, 9.17) is 5.26 Å². The molecule has 2 aromatic rings. The van der Waals surface area contributed by atoms with Gasteiger partial charge in [-0.1, -0.05) is 5.16 Å². The largest absolute Gasteiger partial charge is 0.398 e. The SMILES string of the molecule is CON=C(C(=O)NC#N)c1cc(-c2ccncc2)c[nH]1. The van der Waals surface area contributed by atoms with Crippen LogP contribution < -0.4 is 5.32 Å². The Morgan fingerprint density at radius 2 is 2.20 bits per heavy atom. The zero-order chi connectivity index (χ0) is 14.4. The first-order valence-corrected chi connectivity index (χ1v) is 5.66. The third kappa shape index (κ3) is 2.81. The minimum absolute atomic E-state index is 0.00523. The van der Waals surface area contributed by atoms with Crippen molar-refractivity contribution >= 4 is 11.6 Å². The van der Waals surface area contributed by atoms with Crippen molar-refractivity contribution in [3.05, 3.63) is 42.5 Å². The molecule has 0 unspecified atom stereocenters. The molecular weight excluding hydrogens is 258 g/mol. The Kier molecular flexibility index (Phi) is 4.09. The van der Waals surface area contributed by atoms with Gasteiger partial charge in [0.05, 0.1) is 5.69 Å². The number of rotatable bonds is 4. The van der Waals surface area contributed by atoms with Crippen LogP contribution in [-0.2, 0) is 9.63 Å². The van der Waals surface area contributed by atoms with Crippen molar-refractivity contribution < 1.29 is 9.63 Å². The molecule has 7 nitrogen and oxygen atoms in total. The molecule has 2 aromatic heterocycles. The van der Waals surface area contributed by atoms with Gasteiger partial charge >= 0.3 is 0 Å². The fourth-order valence-corrected chi connectivity index (χ4v) is 1.66. The summed E-state index contributed by atoms with van der Waals surface area (Å²) in [5.41, 5.74) is 2.26. The fraction of sp³-hybridized carbons (Fsp3) is 0.0769. The number of nitrogens with one attached hydrogen (secondary N) is 2. The van der Waals surface area contributed by atoms with E-state index in [0.29, 0.717) is 5.69 Å². The van der Waals surface area contributed by atoms with Crippen LogP contribution in [0.3, 0.4) is 0 Å². The topological polar surface area (TPSA) is 103 Å². The van der Waals surface area contributed by atoms with Crippen molar-refractivity contribution in [3.8, 4) is 17.3 Å². The number of nitriles is 1. The van der Waals surface area contributed by atoms with Crippen LogP contribution in [0.2, 0.25) is 0 Å². The summed E-state index contributed by atoms with van der Waals surface area (Å²) >= 11 is 0. The zero-order valence-electron chi connectivity index (χ0n) is 10.6. The van der Waals surface area contributed by atoms with Crippen molar-refractivity contribution in [2.75, 3.05) is 7.11 Å². The van der Waals surface area contributed by atoms with Crippen LogP contribution in [0.25, 0.3) is 11.1 Å². The maximum absolute atomic E-state index is 11.7. The van der Waals surface area contributed by atoms with Gasteiger partial charge in [-0.25, -0.2) is 0 Å². The number of aromatic amines is 1. The molecule has 1 amide bonds. The Morgan fingerprint density at radius 3 is 2.85 bits per heavy atom. The first-order valence-electron chi connectivity index (χ1n) is 5.66. The van der Waals surface area contributed by atoms with E-state index < -0.39 is 5.91 Å². The number of amides is 1. The zero-order valence-corrected chi connectivity index (χ0v) is 10.6. The van der Waals surface area contributed by atoms with Gasteiger partial charge in [0.1, 0.15) is 7.11 Å². The second kappa shape index (κ2) is 6.15. The number of carbonyl (C=O) groups excluding carboxylic acids is 1. The van der Waals surface area contributed by atoms with Crippen LogP contribution >= 0.6 is 0 Å². The molecule has 2 heterocycles. The quantitative estimate of drug-likeness (QED) is 0.374. The Bertz CT molecular complexity index is 670. The van der Waals surface area contributed by atoms with E-state index in [2.05, 4.69) is 20.0 Å². The number of pyridine rings is 1. The third-order valence-electron chi connectivity index (χ3n) is 2.52. The maximum atomic E-state index is 11.7. The predicted octanol–water partition coefficient (Wildman–Crippen LogP) is 1.02. The van der Waals surface area contributed by atoms with Gasteiger partial charge in [-0.3, -0.25) is 15.1 Å². The average molecular weight is 269 g/mol. The van der Waals surface area contributed by atoms with Gasteiger partial charge in [0, 0.05) is 18.6 Å². The van der Waals surface area contributed by atoms with Crippen molar-refractivity contribution in [1.29, 1.82) is 5.26 Å². The summed E-state index contributed by atoms with van der Waals surface area (Å²) in [6.45, 7) is 0. The number of carbonyl (C=O) groups is 1. The van der Waals surface area contributed by atoms with Crippen LogP contribution in [-0.4, -0.2) is 28.7 Å². The van der Waals surface area contributed by atoms with Crippen molar-refractivity contribution in [2.45, 2.75) is 0 Å². The molecule has 0 saturated carbocycles. The highest BCUT2D eigenvalue weighted by Gasteiger charge is 2.17. The number of nitrogens with zero attached hydrogens (tertiary/aromatic N) is 3. The lowest BCUT2D eigenvalue weighted by atomic mass is 10.1. The second-order valence-electron chi connectivity index (χ2n) is 3.73. The van der Waals surface area contributed by atoms with E-state index >= 15 is 0 Å².